The molecule has 7 rings (SSSR count). The molecule has 1 aromatic carbocycles. The highest BCUT2D eigenvalue weighted by Crippen LogP contribution is 2.37. The zero-order valence-electron chi connectivity index (χ0n) is 30.6. The fraction of sp³-hybridized carbons (Fsp3) is 0.250. The third kappa shape index (κ3) is 8.12. The van der Waals surface area contributed by atoms with Crippen molar-refractivity contribution in [3.05, 3.63) is 167 Å². The second-order valence-corrected chi connectivity index (χ2v) is 14.0. The number of aromatic nitrogens is 1. The normalized spacial score (nSPS) is 18.6. The Hall–Kier alpha value is -4.87. The SMILES string of the molecule is C=CCOCCCC1=C2C=CC(=N2)/C(=C2\NC=CN2C)C2=NC(=C(CCCOCC=C)c3ccc([nH]3)C(c3cc(CS)cc(CS)c3)=C3C=CC1=N3)C=C2. The molecule has 0 radical (unpaired) electrons. The van der Waals surface area contributed by atoms with Crippen LogP contribution in [0.3, 0.4) is 0 Å². The minimum atomic E-state index is 0.519. The van der Waals surface area contributed by atoms with Gasteiger partial charge in [0.25, 0.3) is 0 Å². The van der Waals surface area contributed by atoms with E-state index in [1.54, 1.807) is 12.2 Å². The van der Waals surface area contributed by atoms with Gasteiger partial charge in [0.2, 0.25) is 0 Å². The Morgan fingerprint density at radius 1 is 0.704 bits per heavy atom. The van der Waals surface area contributed by atoms with E-state index in [1.165, 1.54) is 0 Å². The smallest absolute Gasteiger partial charge is 0.121 e. The van der Waals surface area contributed by atoms with Crippen molar-refractivity contribution in [3.8, 4) is 0 Å². The molecule has 0 atom stereocenters. The number of rotatable bonds is 15. The standard InChI is InChI=1S/C44H46N6O2S2/c1-4-20-51-22-6-8-32-34-10-14-38(46-34)42(31-25-29(27-53)24-30(26-31)28-54)39-15-11-35(47-39)33(9-7-23-52-21-5-2)37-13-17-41(49-37)43(40-16-12-36(32)48-40)44-45-18-19-50(44)3/h4-5,10-19,24-26,45-46,53-54H,1-2,6-9,20-23,27-28H2,3H3/b36-32?,37-33?,42-39?,44-43+. The van der Waals surface area contributed by atoms with E-state index >= 15 is 0 Å². The van der Waals surface area contributed by atoms with Gasteiger partial charge in [0.15, 0.2) is 0 Å². The van der Waals surface area contributed by atoms with E-state index in [0.717, 1.165) is 116 Å². The molecule has 0 fully saturated rings. The van der Waals surface area contributed by atoms with Gasteiger partial charge in [-0.2, -0.15) is 25.3 Å². The van der Waals surface area contributed by atoms with Gasteiger partial charge in [0, 0.05) is 72.3 Å². The summed E-state index contributed by atoms with van der Waals surface area (Å²) in [6.07, 6.45) is 23.3. The topological polar surface area (TPSA) is 86.6 Å². The lowest BCUT2D eigenvalue weighted by Gasteiger charge is -2.17. The number of nitrogens with one attached hydrogen (secondary N) is 2. The van der Waals surface area contributed by atoms with Gasteiger partial charge in [0.1, 0.15) is 5.82 Å². The molecule has 10 heteroatoms. The number of H-pyrrole nitrogens is 1. The Balaban J connectivity index is 1.45. The lowest BCUT2D eigenvalue weighted by Crippen LogP contribution is -2.23. The summed E-state index contributed by atoms with van der Waals surface area (Å²) < 4.78 is 11.6. The average molecular weight is 755 g/mol. The predicted molar refractivity (Wildman–Crippen MR) is 230 cm³/mol. The monoisotopic (exact) mass is 754 g/mol. The van der Waals surface area contributed by atoms with Crippen molar-refractivity contribution in [3.63, 3.8) is 0 Å². The molecule has 0 amide bonds. The molecular formula is C44H46N6O2S2. The van der Waals surface area contributed by atoms with E-state index < -0.39 is 0 Å². The Bertz CT molecular complexity index is 2160. The maximum Gasteiger partial charge on any atom is 0.121 e. The van der Waals surface area contributed by atoms with E-state index in [0.29, 0.717) is 37.9 Å². The summed E-state index contributed by atoms with van der Waals surface area (Å²) in [6.45, 7) is 9.86. The van der Waals surface area contributed by atoms with Gasteiger partial charge >= 0.3 is 0 Å². The number of allylic oxidation sites excluding steroid dienone is 9. The van der Waals surface area contributed by atoms with Gasteiger partial charge in [-0.25, -0.2) is 15.0 Å². The molecule has 5 aliphatic rings. The maximum absolute atomic E-state index is 5.80. The number of fused-ring (bicyclic) bond motifs is 5. The first-order chi connectivity index (χ1) is 26.5. The number of thiol groups is 2. The van der Waals surface area contributed by atoms with Gasteiger partial charge in [-0.05, 0) is 91.0 Å². The third-order valence-corrected chi connectivity index (χ3v) is 10.3. The molecule has 5 aliphatic heterocycles. The van der Waals surface area contributed by atoms with Crippen LogP contribution in [0.15, 0.2) is 154 Å². The maximum atomic E-state index is 5.80. The van der Waals surface area contributed by atoms with Gasteiger partial charge in [-0.15, -0.1) is 13.2 Å². The Morgan fingerprint density at radius 3 is 1.89 bits per heavy atom. The second kappa shape index (κ2) is 17.5. The molecule has 0 spiro atoms. The molecule has 1 aromatic heterocycles. The van der Waals surface area contributed by atoms with E-state index in [9.17, 15) is 0 Å². The number of aromatic amines is 1. The van der Waals surface area contributed by atoms with E-state index in [4.69, 9.17) is 24.5 Å². The Kier molecular flexibility index (Phi) is 12.1. The summed E-state index contributed by atoms with van der Waals surface area (Å²) in [6, 6.07) is 10.9. The van der Waals surface area contributed by atoms with Crippen molar-refractivity contribution in [1.82, 2.24) is 15.2 Å². The summed E-state index contributed by atoms with van der Waals surface area (Å²) in [5.41, 5.74) is 14.6. The van der Waals surface area contributed by atoms with Gasteiger partial charge in [-0.3, -0.25) is 0 Å². The Morgan fingerprint density at radius 2 is 1.28 bits per heavy atom. The average Bonchev–Trinajstić information content (AvgIpc) is 4.05. The number of benzene rings is 1. The molecule has 2 N–H and O–H groups in total. The van der Waals surface area contributed by atoms with E-state index in [2.05, 4.69) is 120 Å². The van der Waals surface area contributed by atoms with Crippen LogP contribution in [0.5, 0.6) is 0 Å². The van der Waals surface area contributed by atoms with Crippen LogP contribution in [-0.4, -0.2) is 60.5 Å². The molecule has 8 bridgehead atoms. The third-order valence-electron chi connectivity index (χ3n) is 9.61. The molecule has 6 heterocycles. The van der Waals surface area contributed by atoms with Crippen LogP contribution in [0.2, 0.25) is 0 Å². The quantitative estimate of drug-likeness (QED) is 0.0832. The molecule has 54 heavy (non-hydrogen) atoms. The zero-order chi connectivity index (χ0) is 37.4. The van der Waals surface area contributed by atoms with Crippen LogP contribution in [0, 0.1) is 0 Å². The van der Waals surface area contributed by atoms with Crippen LogP contribution < -0.4 is 5.32 Å². The molecule has 0 saturated carbocycles. The van der Waals surface area contributed by atoms with Crippen LogP contribution in [0.1, 0.15) is 53.8 Å². The fourth-order valence-corrected chi connectivity index (χ4v) is 7.47. The summed E-state index contributed by atoms with van der Waals surface area (Å²) in [7, 11) is 2.03. The van der Waals surface area contributed by atoms with Crippen molar-refractivity contribution in [2.75, 3.05) is 33.5 Å². The summed E-state index contributed by atoms with van der Waals surface area (Å²) in [4.78, 5) is 21.9. The van der Waals surface area contributed by atoms with Crippen LogP contribution >= 0.6 is 25.3 Å². The number of hydrogen-bond acceptors (Lipinski definition) is 9. The number of ether oxygens (including phenoxy) is 2. The first kappa shape index (κ1) is 37.4. The van der Waals surface area contributed by atoms with E-state index in [-0.39, 0.29) is 0 Å². The molecule has 2 aromatic rings. The number of hydrogen-bond donors (Lipinski definition) is 4. The highest BCUT2D eigenvalue weighted by atomic mass is 32.1. The largest absolute Gasteiger partial charge is 0.377 e. The summed E-state index contributed by atoms with van der Waals surface area (Å²) in [5.74, 6) is 2.15. The van der Waals surface area contributed by atoms with Gasteiger partial charge in [-0.1, -0.05) is 30.4 Å². The first-order valence-electron chi connectivity index (χ1n) is 18.4. The van der Waals surface area contributed by atoms with Crippen molar-refractivity contribution in [1.29, 1.82) is 0 Å². The van der Waals surface area contributed by atoms with Gasteiger partial charge < -0.3 is 24.7 Å². The van der Waals surface area contributed by atoms with Crippen molar-refractivity contribution >= 4 is 53.5 Å². The van der Waals surface area contributed by atoms with E-state index in [1.807, 2.05) is 19.4 Å². The summed E-state index contributed by atoms with van der Waals surface area (Å²) >= 11 is 9.31. The molecule has 8 nitrogen and oxygen atoms in total. The predicted octanol–water partition coefficient (Wildman–Crippen LogP) is 8.83. The zero-order valence-corrected chi connectivity index (χ0v) is 32.4. The minimum absolute atomic E-state index is 0.519. The summed E-state index contributed by atoms with van der Waals surface area (Å²) in [5, 5.41) is 3.45. The lowest BCUT2D eigenvalue weighted by atomic mass is 9.97. The number of aliphatic imine (C=N–C) groups is 3. The first-order valence-corrected chi connectivity index (χ1v) is 19.6. The van der Waals surface area contributed by atoms with Gasteiger partial charge in [0.05, 0.1) is 53.0 Å². The molecule has 0 unspecified atom stereocenters. The lowest BCUT2D eigenvalue weighted by molar-refractivity contribution is 0.160. The van der Waals surface area contributed by atoms with Crippen molar-refractivity contribution in [2.24, 2.45) is 15.0 Å². The van der Waals surface area contributed by atoms with Crippen LogP contribution in [0.25, 0.3) is 11.1 Å². The fourth-order valence-electron chi connectivity index (χ4n) is 7.11. The molecule has 0 saturated heterocycles. The number of nitrogens with zero attached hydrogens (tertiary/aromatic N) is 4. The van der Waals surface area contributed by atoms with Crippen molar-refractivity contribution in [2.45, 2.75) is 37.2 Å². The highest BCUT2D eigenvalue weighted by Gasteiger charge is 2.28. The van der Waals surface area contributed by atoms with Crippen molar-refractivity contribution < 1.29 is 9.47 Å². The highest BCUT2D eigenvalue weighted by molar-refractivity contribution is 7.79. The van der Waals surface area contributed by atoms with Crippen LogP contribution in [0.4, 0.5) is 0 Å². The second-order valence-electron chi connectivity index (χ2n) is 13.3. The minimum Gasteiger partial charge on any atom is -0.377 e. The molecular weight excluding hydrogens is 709 g/mol. The Labute approximate surface area is 329 Å². The van der Waals surface area contributed by atoms with Crippen LogP contribution in [-0.2, 0) is 21.0 Å². The molecule has 0 aliphatic carbocycles. The molecule has 276 valence electrons.